The van der Waals surface area contributed by atoms with Crippen molar-refractivity contribution in [1.29, 1.82) is 0 Å². The molecule has 11 heteroatoms. The maximum absolute atomic E-state index is 13.2. The number of benzene rings is 1. The summed E-state index contributed by atoms with van der Waals surface area (Å²) >= 11 is 0. The monoisotopic (exact) mass is 548 g/mol. The number of nitrogens with zero attached hydrogens (tertiary/aromatic N) is 4. The van der Waals surface area contributed by atoms with Gasteiger partial charge in [-0.25, -0.2) is 14.2 Å². The Kier molecular flexibility index (Phi) is 7.55. The van der Waals surface area contributed by atoms with Crippen molar-refractivity contribution in [2.75, 3.05) is 5.32 Å². The van der Waals surface area contributed by atoms with Crippen LogP contribution in [0.15, 0.2) is 55.2 Å². The largest absolute Gasteiger partial charge is 0.455 e. The molecule has 40 heavy (non-hydrogen) atoms. The molecule has 2 aliphatic rings. The van der Waals surface area contributed by atoms with E-state index in [0.717, 1.165) is 29.8 Å². The predicted octanol–water partition coefficient (Wildman–Crippen LogP) is 5.36. The van der Waals surface area contributed by atoms with Crippen LogP contribution in [-0.2, 0) is 19.7 Å². The number of anilines is 1. The summed E-state index contributed by atoms with van der Waals surface area (Å²) in [6.45, 7) is 9.91. The molecule has 0 spiro atoms. The number of hydrogen-bond donors (Lipinski definition) is 2. The Morgan fingerprint density at radius 1 is 1.10 bits per heavy atom. The van der Waals surface area contributed by atoms with Crippen LogP contribution >= 0.6 is 0 Å². The molecule has 1 aliphatic heterocycles. The van der Waals surface area contributed by atoms with Crippen molar-refractivity contribution < 1.29 is 23.8 Å². The molecule has 11 nitrogen and oxygen atoms in total. The van der Waals surface area contributed by atoms with Gasteiger partial charge in [-0.2, -0.15) is 10.2 Å². The highest BCUT2D eigenvalue weighted by Crippen LogP contribution is 2.37. The molecule has 3 heterocycles. The van der Waals surface area contributed by atoms with E-state index >= 15 is 0 Å². The lowest BCUT2D eigenvalue weighted by Crippen LogP contribution is -2.33. The number of alkyl carbamates (subject to hydrolysis) is 1. The Balaban J connectivity index is 1.27. The van der Waals surface area contributed by atoms with Crippen LogP contribution in [0, 0.1) is 0 Å². The molecule has 0 radical (unpaired) electrons. The van der Waals surface area contributed by atoms with Crippen molar-refractivity contribution in [2.24, 2.45) is 0 Å². The molecule has 0 bridgehead atoms. The average Bonchev–Trinajstić information content (AvgIpc) is 3.70. The summed E-state index contributed by atoms with van der Waals surface area (Å²) in [7, 11) is 0. The van der Waals surface area contributed by atoms with E-state index in [-0.39, 0.29) is 35.6 Å². The van der Waals surface area contributed by atoms with Gasteiger partial charge in [0.2, 0.25) is 0 Å². The number of amides is 2. The normalized spacial score (nSPS) is 18.9. The summed E-state index contributed by atoms with van der Waals surface area (Å²) < 4.78 is 19.8. The average molecular weight is 549 g/mol. The third kappa shape index (κ3) is 6.13. The zero-order valence-electron chi connectivity index (χ0n) is 23.5. The second kappa shape index (κ2) is 11.1. The smallest absolute Gasteiger partial charge is 0.407 e. The summed E-state index contributed by atoms with van der Waals surface area (Å²) in [6, 6.07) is 9.52. The minimum Gasteiger partial charge on any atom is -0.455 e. The first-order chi connectivity index (χ1) is 19.1. The Bertz CT molecular complexity index is 1380. The Morgan fingerprint density at radius 3 is 2.50 bits per heavy atom. The molecule has 2 aromatic heterocycles. The van der Waals surface area contributed by atoms with Crippen molar-refractivity contribution in [3.63, 3.8) is 0 Å². The molecule has 2 N–H and O–H groups in total. The summed E-state index contributed by atoms with van der Waals surface area (Å²) in [5, 5.41) is 15.0. The van der Waals surface area contributed by atoms with Gasteiger partial charge >= 0.3 is 6.09 Å². The van der Waals surface area contributed by atoms with Gasteiger partial charge < -0.3 is 24.8 Å². The summed E-state index contributed by atoms with van der Waals surface area (Å²) in [6.07, 6.45) is 7.59. The molecule has 1 saturated carbocycles. The molecule has 2 atom stereocenters. The fraction of sp³-hybridized carbons (Fsp3) is 0.448. The molecular weight excluding hydrogens is 512 g/mol. The van der Waals surface area contributed by atoms with E-state index in [9.17, 15) is 9.59 Å². The predicted molar refractivity (Wildman–Crippen MR) is 148 cm³/mol. The van der Waals surface area contributed by atoms with Crippen molar-refractivity contribution in [3.8, 4) is 5.69 Å². The lowest BCUT2D eigenvalue weighted by molar-refractivity contribution is -0.0245. The van der Waals surface area contributed by atoms with E-state index in [0.29, 0.717) is 17.8 Å². The Morgan fingerprint density at radius 2 is 1.82 bits per heavy atom. The van der Waals surface area contributed by atoms with Crippen molar-refractivity contribution in [1.82, 2.24) is 24.9 Å². The van der Waals surface area contributed by atoms with Gasteiger partial charge in [0.25, 0.3) is 12.2 Å². The second-order valence-corrected chi connectivity index (χ2v) is 11.5. The Hall–Kier alpha value is -4.28. The number of carbonyl (C=O) groups excluding carboxylic acids is 2. The molecule has 1 fully saturated rings. The number of aromatic nitrogens is 4. The number of nitrogens with one attached hydrogen (secondary N) is 2. The van der Waals surface area contributed by atoms with Crippen LogP contribution in [0.3, 0.4) is 0 Å². The molecule has 3 aromatic rings. The van der Waals surface area contributed by atoms with E-state index < -0.39 is 6.29 Å². The van der Waals surface area contributed by atoms with Gasteiger partial charge in [-0.1, -0.05) is 0 Å². The summed E-state index contributed by atoms with van der Waals surface area (Å²) in [5.74, 6) is 0.464. The van der Waals surface area contributed by atoms with Gasteiger partial charge in [-0.15, -0.1) is 0 Å². The van der Waals surface area contributed by atoms with E-state index in [4.69, 9.17) is 19.3 Å². The third-order valence-corrected chi connectivity index (χ3v) is 6.82. The van der Waals surface area contributed by atoms with Crippen molar-refractivity contribution in [2.45, 2.75) is 83.8 Å². The zero-order valence-corrected chi connectivity index (χ0v) is 23.5. The van der Waals surface area contributed by atoms with Crippen molar-refractivity contribution >= 4 is 17.8 Å². The first kappa shape index (κ1) is 27.3. The number of carbonyl (C=O) groups is 2. The van der Waals surface area contributed by atoms with Crippen LogP contribution < -0.4 is 10.6 Å². The van der Waals surface area contributed by atoms with Crippen LogP contribution in [0.2, 0.25) is 0 Å². The maximum atomic E-state index is 13.2. The third-order valence-electron chi connectivity index (χ3n) is 6.82. The first-order valence-corrected chi connectivity index (χ1v) is 13.6. The van der Waals surface area contributed by atoms with Crippen LogP contribution in [0.25, 0.3) is 5.69 Å². The van der Waals surface area contributed by atoms with Crippen LogP contribution in [0.4, 0.5) is 10.6 Å². The number of ether oxygens (including phenoxy) is 3. The fourth-order valence-corrected chi connectivity index (χ4v) is 4.89. The quantitative estimate of drug-likeness (QED) is 0.407. The standard InChI is InChI=1S/C29H36N6O5/c1-18(2)31-28(37)40-23-11-8-20(14-23)24-15-25(35(33-24)29(3,4)5)32-26(36)21-16-30-34(17-21)22-9-6-19(7-10-22)27-38-12-13-39-27/h6-7,9-10,12-13,15-18,20,23,27H,8,11,14H2,1-5H3,(H,31,37)(H,32,36)/t20-,23+/m0/s1. The van der Waals surface area contributed by atoms with Gasteiger partial charge in [0.1, 0.15) is 24.4 Å². The molecule has 212 valence electrons. The SMILES string of the molecule is CC(C)NC(=O)O[C@@H]1CC[C@H](c2cc(NC(=O)c3cnn(-c4ccc(C5OC=CO5)cc4)c3)n(C(C)(C)C)n2)C1. The highest BCUT2D eigenvalue weighted by atomic mass is 16.7. The van der Waals surface area contributed by atoms with E-state index in [1.165, 1.54) is 18.7 Å². The molecule has 1 aliphatic carbocycles. The molecule has 2 amide bonds. The summed E-state index contributed by atoms with van der Waals surface area (Å²) in [5.41, 5.74) is 2.62. The summed E-state index contributed by atoms with van der Waals surface area (Å²) in [4.78, 5) is 25.3. The van der Waals surface area contributed by atoms with Crippen molar-refractivity contribution in [3.05, 3.63) is 72.1 Å². The number of hydrogen-bond acceptors (Lipinski definition) is 7. The zero-order chi connectivity index (χ0) is 28.4. The van der Waals surface area contributed by atoms with Crippen LogP contribution in [0.5, 0.6) is 0 Å². The van der Waals surface area contributed by atoms with E-state index in [1.54, 1.807) is 10.9 Å². The molecular formula is C29H36N6O5. The molecule has 5 rings (SSSR count). The maximum Gasteiger partial charge on any atom is 0.407 e. The van der Waals surface area contributed by atoms with Crippen LogP contribution in [0.1, 0.15) is 87.7 Å². The minimum atomic E-state index is -0.447. The van der Waals surface area contributed by atoms with Gasteiger partial charge in [0, 0.05) is 29.8 Å². The Labute approximate surface area is 233 Å². The lowest BCUT2D eigenvalue weighted by atomic mass is 10.0. The lowest BCUT2D eigenvalue weighted by Gasteiger charge is -2.22. The topological polar surface area (TPSA) is 122 Å². The van der Waals surface area contributed by atoms with Crippen LogP contribution in [-0.4, -0.2) is 43.7 Å². The van der Waals surface area contributed by atoms with E-state index in [1.807, 2.05) is 69.6 Å². The van der Waals surface area contributed by atoms with Gasteiger partial charge in [-0.3, -0.25) is 4.79 Å². The highest BCUT2D eigenvalue weighted by Gasteiger charge is 2.32. The minimum absolute atomic E-state index is 0.0237. The van der Waals surface area contributed by atoms with E-state index in [2.05, 4.69) is 15.7 Å². The van der Waals surface area contributed by atoms with Gasteiger partial charge in [0.15, 0.2) is 0 Å². The second-order valence-electron chi connectivity index (χ2n) is 11.5. The fourth-order valence-electron chi connectivity index (χ4n) is 4.89. The number of rotatable bonds is 7. The molecule has 0 unspecified atom stereocenters. The first-order valence-electron chi connectivity index (χ1n) is 13.6. The van der Waals surface area contributed by atoms with Gasteiger partial charge in [-0.05, 0) is 78.1 Å². The molecule has 1 aromatic carbocycles. The highest BCUT2D eigenvalue weighted by molar-refractivity contribution is 6.03. The molecule has 0 saturated heterocycles. The van der Waals surface area contributed by atoms with Gasteiger partial charge in [0.05, 0.1) is 28.7 Å².